The zero-order chi connectivity index (χ0) is 17.7. The lowest BCUT2D eigenvalue weighted by molar-refractivity contribution is -0.862. The van der Waals surface area contributed by atoms with Crippen molar-refractivity contribution in [2.45, 2.75) is 38.2 Å². The van der Waals surface area contributed by atoms with Crippen molar-refractivity contribution in [3.05, 3.63) is 38.9 Å². The number of nitro benzene ring substituents is 1. The first-order chi connectivity index (χ1) is 11.4. The quantitative estimate of drug-likeness (QED) is 0.481. The molecular formula is C17H24ClN2O4+. The van der Waals surface area contributed by atoms with Gasteiger partial charge in [-0.2, -0.15) is 0 Å². The van der Waals surface area contributed by atoms with Gasteiger partial charge in [0.25, 0.3) is 5.69 Å². The maximum Gasteiger partial charge on any atom is 0.310 e. The fourth-order valence-corrected chi connectivity index (χ4v) is 3.46. The molecule has 1 aliphatic carbocycles. The molecule has 24 heavy (non-hydrogen) atoms. The van der Waals surface area contributed by atoms with E-state index in [4.69, 9.17) is 16.3 Å². The lowest BCUT2D eigenvalue weighted by atomic mass is 9.86. The first-order valence-corrected chi connectivity index (χ1v) is 8.66. The third-order valence-corrected chi connectivity index (χ3v) is 4.67. The van der Waals surface area contributed by atoms with Gasteiger partial charge in [-0.15, -0.1) is 0 Å². The predicted molar refractivity (Wildman–Crippen MR) is 91.3 cm³/mol. The summed E-state index contributed by atoms with van der Waals surface area (Å²) in [5, 5.41) is 11.0. The van der Waals surface area contributed by atoms with Gasteiger partial charge in [0.05, 0.1) is 32.0 Å². The Hall–Kier alpha value is -1.66. The fraction of sp³-hybridized carbons (Fsp3) is 0.588. The summed E-state index contributed by atoms with van der Waals surface area (Å²) in [7, 11) is 4.20. The van der Waals surface area contributed by atoms with Gasteiger partial charge in [-0.3, -0.25) is 14.9 Å². The fourth-order valence-electron chi connectivity index (χ4n) is 3.27. The van der Waals surface area contributed by atoms with Gasteiger partial charge < -0.3 is 9.64 Å². The van der Waals surface area contributed by atoms with E-state index in [1.165, 1.54) is 23.5 Å². The number of hydrogen-bond acceptors (Lipinski definition) is 4. The zero-order valence-electron chi connectivity index (χ0n) is 14.1. The van der Waals surface area contributed by atoms with Crippen molar-refractivity contribution in [2.75, 3.05) is 20.6 Å². The summed E-state index contributed by atoms with van der Waals surface area (Å²) in [5.41, 5.74) is 0.357. The highest BCUT2D eigenvalue weighted by atomic mass is 35.5. The molecule has 1 aliphatic rings. The third-order valence-electron chi connectivity index (χ3n) is 4.35. The van der Waals surface area contributed by atoms with Crippen molar-refractivity contribution >= 4 is 23.3 Å². The largest absolute Gasteiger partial charge is 0.462 e. The molecule has 0 saturated heterocycles. The summed E-state index contributed by atoms with van der Waals surface area (Å²) in [6.45, 7) is 0.977. The number of carbonyl (C=O) groups is 1. The Morgan fingerprint density at radius 2 is 2.08 bits per heavy atom. The van der Waals surface area contributed by atoms with E-state index in [-0.39, 0.29) is 29.2 Å². The zero-order valence-corrected chi connectivity index (χ0v) is 14.8. The van der Waals surface area contributed by atoms with Crippen LogP contribution in [0.25, 0.3) is 0 Å². The molecule has 0 aromatic heterocycles. The lowest BCUT2D eigenvalue weighted by Gasteiger charge is -2.31. The van der Waals surface area contributed by atoms with Gasteiger partial charge in [-0.25, -0.2) is 0 Å². The Morgan fingerprint density at radius 3 is 2.75 bits per heavy atom. The standard InChI is InChI=1S/C17H23ClN2O4/c1-19(2)11-13-5-3-4-6-16(13)24-17(21)10-12-7-8-14(18)15(9-12)20(22)23/h7-9,13,16H,3-6,10-11H2,1-2H3/p+1/t13-,16+/m0/s1. The van der Waals surface area contributed by atoms with Gasteiger partial charge in [0.1, 0.15) is 11.1 Å². The molecule has 0 amide bonds. The summed E-state index contributed by atoms with van der Waals surface area (Å²) < 4.78 is 5.68. The first-order valence-electron chi connectivity index (χ1n) is 8.28. The number of hydrogen-bond donors (Lipinski definition) is 1. The smallest absolute Gasteiger partial charge is 0.310 e. The van der Waals surface area contributed by atoms with E-state index in [0.717, 1.165) is 25.8 Å². The summed E-state index contributed by atoms with van der Waals surface area (Å²) in [5.74, 6) is 0.0459. The van der Waals surface area contributed by atoms with Crippen LogP contribution in [0.15, 0.2) is 18.2 Å². The Kier molecular flexibility index (Phi) is 6.57. The average Bonchev–Trinajstić information content (AvgIpc) is 2.50. The average molecular weight is 356 g/mol. The summed E-state index contributed by atoms with van der Waals surface area (Å²) in [6, 6.07) is 4.41. The maximum absolute atomic E-state index is 12.2. The molecule has 0 spiro atoms. The van der Waals surface area contributed by atoms with Crippen molar-refractivity contribution in [1.82, 2.24) is 0 Å². The van der Waals surface area contributed by atoms with Crippen LogP contribution < -0.4 is 4.90 Å². The molecule has 0 bridgehead atoms. The van der Waals surface area contributed by atoms with Crippen LogP contribution in [0.1, 0.15) is 31.2 Å². The molecule has 2 rings (SSSR count). The number of nitro groups is 1. The van der Waals surface area contributed by atoms with Gasteiger partial charge in [0, 0.05) is 12.0 Å². The number of nitrogens with one attached hydrogen (secondary N) is 1. The second kappa shape index (κ2) is 8.44. The Morgan fingerprint density at radius 1 is 1.38 bits per heavy atom. The van der Waals surface area contributed by atoms with Gasteiger partial charge >= 0.3 is 5.97 Å². The highest BCUT2D eigenvalue weighted by Crippen LogP contribution is 2.28. The molecule has 1 fully saturated rings. The van der Waals surface area contributed by atoms with E-state index in [0.29, 0.717) is 11.5 Å². The van der Waals surface area contributed by atoms with Crippen LogP contribution in [-0.4, -0.2) is 37.6 Å². The van der Waals surface area contributed by atoms with Crippen LogP contribution in [0.4, 0.5) is 5.69 Å². The van der Waals surface area contributed by atoms with Crippen molar-refractivity contribution in [3.63, 3.8) is 0 Å². The number of quaternary nitrogens is 1. The van der Waals surface area contributed by atoms with Crippen LogP contribution in [0.5, 0.6) is 0 Å². The van der Waals surface area contributed by atoms with Crippen molar-refractivity contribution in [3.8, 4) is 0 Å². The minimum absolute atomic E-state index is 0.0239. The lowest BCUT2D eigenvalue weighted by Crippen LogP contribution is -3.06. The summed E-state index contributed by atoms with van der Waals surface area (Å²) >= 11 is 5.79. The maximum atomic E-state index is 12.2. The van der Waals surface area contributed by atoms with E-state index < -0.39 is 4.92 Å². The Balaban J connectivity index is 1.99. The van der Waals surface area contributed by atoms with Gasteiger partial charge in [-0.1, -0.05) is 24.1 Å². The molecule has 0 radical (unpaired) electrons. The molecular weight excluding hydrogens is 332 g/mol. The van der Waals surface area contributed by atoms with Gasteiger partial charge in [-0.05, 0) is 30.9 Å². The monoisotopic (exact) mass is 355 g/mol. The number of rotatable bonds is 6. The molecule has 0 aliphatic heterocycles. The first kappa shape index (κ1) is 18.7. The van der Waals surface area contributed by atoms with Crippen molar-refractivity contribution in [1.29, 1.82) is 0 Å². The van der Waals surface area contributed by atoms with Crippen molar-refractivity contribution < 1.29 is 19.4 Å². The second-order valence-corrected chi connectivity index (χ2v) is 7.11. The summed E-state index contributed by atoms with van der Waals surface area (Å²) in [4.78, 5) is 24.0. The van der Waals surface area contributed by atoms with Crippen LogP contribution in [-0.2, 0) is 16.0 Å². The van der Waals surface area contributed by atoms with Crippen LogP contribution in [0, 0.1) is 16.0 Å². The van der Waals surface area contributed by atoms with E-state index in [2.05, 4.69) is 14.1 Å². The van der Waals surface area contributed by atoms with E-state index >= 15 is 0 Å². The number of nitrogens with zero attached hydrogens (tertiary/aromatic N) is 1. The molecule has 7 heteroatoms. The molecule has 6 nitrogen and oxygen atoms in total. The van der Waals surface area contributed by atoms with Crippen LogP contribution in [0.2, 0.25) is 5.02 Å². The SMILES string of the molecule is C[NH+](C)C[C@@H]1CCCC[C@H]1OC(=O)Cc1ccc(Cl)c([N+](=O)[O-])c1. The molecule has 132 valence electrons. The van der Waals surface area contributed by atoms with Gasteiger partial charge in [0.2, 0.25) is 0 Å². The number of ether oxygens (including phenoxy) is 1. The molecule has 0 unspecified atom stereocenters. The third kappa shape index (κ3) is 5.18. The highest BCUT2D eigenvalue weighted by Gasteiger charge is 2.30. The van der Waals surface area contributed by atoms with E-state index in [9.17, 15) is 14.9 Å². The van der Waals surface area contributed by atoms with E-state index in [1.807, 2.05) is 0 Å². The van der Waals surface area contributed by atoms with Gasteiger partial charge in [0.15, 0.2) is 0 Å². The van der Waals surface area contributed by atoms with E-state index in [1.54, 1.807) is 6.07 Å². The molecule has 1 saturated carbocycles. The Labute approximate surface area is 146 Å². The highest BCUT2D eigenvalue weighted by molar-refractivity contribution is 6.32. The normalized spacial score (nSPS) is 20.8. The number of carbonyl (C=O) groups excluding carboxylic acids is 1. The number of halogens is 1. The molecule has 2 atom stereocenters. The molecule has 1 aromatic carbocycles. The molecule has 1 N–H and O–H groups in total. The second-order valence-electron chi connectivity index (χ2n) is 6.70. The molecule has 0 heterocycles. The van der Waals surface area contributed by atoms with Crippen LogP contribution >= 0.6 is 11.6 Å². The topological polar surface area (TPSA) is 73.9 Å². The number of benzene rings is 1. The number of esters is 1. The minimum Gasteiger partial charge on any atom is -0.462 e. The molecule has 1 aromatic rings. The Bertz CT molecular complexity index is 606. The predicted octanol–water partition coefficient (Wildman–Crippen LogP) is 2.04. The van der Waals surface area contributed by atoms with Crippen LogP contribution in [0.3, 0.4) is 0 Å². The van der Waals surface area contributed by atoms with Crippen molar-refractivity contribution in [2.24, 2.45) is 5.92 Å². The summed E-state index contributed by atoms with van der Waals surface area (Å²) in [6.07, 6.45) is 4.19. The minimum atomic E-state index is -0.547.